The lowest BCUT2D eigenvalue weighted by Crippen LogP contribution is -2.51. The third-order valence-corrected chi connectivity index (χ3v) is 6.80. The molecule has 154 valence electrons. The first-order chi connectivity index (χ1) is 11.9. The van der Waals surface area contributed by atoms with E-state index in [1.54, 1.807) is 20.8 Å². The maximum atomic E-state index is 11.9. The van der Waals surface area contributed by atoms with Gasteiger partial charge in [-0.05, 0) is 40.5 Å². The zero-order chi connectivity index (χ0) is 20.0. The van der Waals surface area contributed by atoms with Gasteiger partial charge in [-0.2, -0.15) is 0 Å². The molecule has 1 aliphatic rings. The van der Waals surface area contributed by atoms with Crippen LogP contribution >= 0.6 is 0 Å². The van der Waals surface area contributed by atoms with E-state index in [0.29, 0.717) is 38.4 Å². The van der Waals surface area contributed by atoms with Crippen molar-refractivity contribution in [2.75, 3.05) is 38.2 Å². The average molecular weight is 412 g/mol. The molecule has 0 atom stereocenters. The first-order valence-corrected chi connectivity index (χ1v) is 12.4. The van der Waals surface area contributed by atoms with Crippen molar-refractivity contribution in [1.82, 2.24) is 19.7 Å². The van der Waals surface area contributed by atoms with Gasteiger partial charge in [-0.1, -0.05) is 0 Å². The van der Waals surface area contributed by atoms with Crippen molar-refractivity contribution in [3.05, 3.63) is 0 Å². The molecule has 0 bridgehead atoms. The lowest BCUT2D eigenvalue weighted by atomic mass is 10.1. The highest BCUT2D eigenvalue weighted by atomic mass is 32.2. The Morgan fingerprint density at radius 3 is 2.19 bits per heavy atom. The van der Waals surface area contributed by atoms with Gasteiger partial charge >= 0.3 is 0 Å². The number of sulfonamides is 2. The third-order valence-electron chi connectivity index (χ3n) is 3.99. The molecule has 0 saturated carbocycles. The standard InChI is InChI=1S/C15H33N5O4S2/c1-6-16-14(17-12-15(3,4)19-25(5,21)22)18-13-8-10-20(11-9-13)26(23,24)7-2/h13,19H,6-12H2,1-5H3,(H2,16,17,18). The van der Waals surface area contributed by atoms with E-state index in [9.17, 15) is 16.8 Å². The van der Waals surface area contributed by atoms with Crippen molar-refractivity contribution in [1.29, 1.82) is 0 Å². The Balaban J connectivity index is 2.66. The second kappa shape index (κ2) is 9.34. The summed E-state index contributed by atoms with van der Waals surface area (Å²) in [5, 5.41) is 6.47. The number of rotatable bonds is 8. The molecule has 1 rings (SSSR count). The van der Waals surface area contributed by atoms with Crippen LogP contribution in [0, 0.1) is 0 Å². The monoisotopic (exact) mass is 411 g/mol. The highest BCUT2D eigenvalue weighted by Gasteiger charge is 2.27. The molecule has 9 nitrogen and oxygen atoms in total. The lowest BCUT2D eigenvalue weighted by Gasteiger charge is -2.32. The minimum absolute atomic E-state index is 0.123. The van der Waals surface area contributed by atoms with E-state index in [1.807, 2.05) is 6.92 Å². The summed E-state index contributed by atoms with van der Waals surface area (Å²) in [6.07, 6.45) is 2.53. The van der Waals surface area contributed by atoms with Crippen molar-refractivity contribution in [2.24, 2.45) is 4.99 Å². The van der Waals surface area contributed by atoms with Crippen LogP contribution in [-0.2, 0) is 20.0 Å². The Morgan fingerprint density at radius 2 is 1.73 bits per heavy atom. The molecule has 1 fully saturated rings. The summed E-state index contributed by atoms with van der Waals surface area (Å²) in [6.45, 7) is 9.09. The molecule has 11 heteroatoms. The fourth-order valence-electron chi connectivity index (χ4n) is 2.79. The minimum atomic E-state index is -3.31. The number of piperidine rings is 1. The Hall–Kier alpha value is -0.910. The maximum Gasteiger partial charge on any atom is 0.213 e. The number of nitrogens with one attached hydrogen (secondary N) is 3. The highest BCUT2D eigenvalue weighted by molar-refractivity contribution is 7.89. The molecule has 26 heavy (non-hydrogen) atoms. The summed E-state index contributed by atoms with van der Waals surface area (Å²) in [5.74, 6) is 0.727. The van der Waals surface area contributed by atoms with Gasteiger partial charge in [0.25, 0.3) is 0 Å². The number of aliphatic imine (C=N–C) groups is 1. The van der Waals surface area contributed by atoms with Crippen LogP contribution in [0.3, 0.4) is 0 Å². The summed E-state index contributed by atoms with van der Waals surface area (Å²) in [4.78, 5) is 4.48. The largest absolute Gasteiger partial charge is 0.357 e. The summed E-state index contributed by atoms with van der Waals surface area (Å²) in [5.41, 5.74) is -0.700. The van der Waals surface area contributed by atoms with Gasteiger partial charge in [0.1, 0.15) is 0 Å². The van der Waals surface area contributed by atoms with Gasteiger partial charge in [0.05, 0.1) is 18.6 Å². The molecule has 0 aliphatic carbocycles. The molecule has 1 aliphatic heterocycles. The van der Waals surface area contributed by atoms with Crippen molar-refractivity contribution < 1.29 is 16.8 Å². The SMILES string of the molecule is CCNC(=NCC(C)(C)NS(C)(=O)=O)NC1CCN(S(=O)(=O)CC)CC1. The van der Waals surface area contributed by atoms with E-state index in [1.165, 1.54) is 4.31 Å². The van der Waals surface area contributed by atoms with Crippen LogP contribution in [0.5, 0.6) is 0 Å². The van der Waals surface area contributed by atoms with Crippen molar-refractivity contribution in [3.8, 4) is 0 Å². The van der Waals surface area contributed by atoms with Crippen LogP contribution < -0.4 is 15.4 Å². The molecule has 0 aromatic carbocycles. The van der Waals surface area contributed by atoms with Crippen molar-refractivity contribution in [3.63, 3.8) is 0 Å². The molecular weight excluding hydrogens is 378 g/mol. The van der Waals surface area contributed by atoms with Gasteiger partial charge in [-0.15, -0.1) is 0 Å². The lowest BCUT2D eigenvalue weighted by molar-refractivity contribution is 0.306. The van der Waals surface area contributed by atoms with Crippen molar-refractivity contribution >= 4 is 26.0 Å². The quantitative estimate of drug-likeness (QED) is 0.372. The van der Waals surface area contributed by atoms with E-state index in [-0.39, 0.29) is 18.3 Å². The summed E-state index contributed by atoms with van der Waals surface area (Å²) in [7, 11) is -6.45. The van der Waals surface area contributed by atoms with Gasteiger partial charge in [0.2, 0.25) is 20.0 Å². The molecule has 3 N–H and O–H groups in total. The van der Waals surface area contributed by atoms with Crippen LogP contribution in [0.25, 0.3) is 0 Å². The Bertz CT molecular complexity index is 681. The Kier molecular flexibility index (Phi) is 8.31. The van der Waals surface area contributed by atoms with Crippen LogP contribution in [0.2, 0.25) is 0 Å². The second-order valence-electron chi connectivity index (χ2n) is 7.17. The van der Waals surface area contributed by atoms with E-state index in [0.717, 1.165) is 6.26 Å². The first kappa shape index (κ1) is 23.1. The van der Waals surface area contributed by atoms with E-state index in [2.05, 4.69) is 20.3 Å². The summed E-state index contributed by atoms with van der Waals surface area (Å²) in [6, 6.07) is 0.127. The Labute approximate surface area is 158 Å². The van der Waals surface area contributed by atoms with E-state index in [4.69, 9.17) is 0 Å². The van der Waals surface area contributed by atoms with E-state index < -0.39 is 25.6 Å². The zero-order valence-electron chi connectivity index (χ0n) is 16.4. The van der Waals surface area contributed by atoms with Gasteiger partial charge in [-0.25, -0.2) is 25.9 Å². The molecule has 0 amide bonds. The molecule has 1 saturated heterocycles. The molecular formula is C15H33N5O4S2. The normalized spacial score (nSPS) is 18.7. The predicted molar refractivity (Wildman–Crippen MR) is 105 cm³/mol. The molecule has 0 radical (unpaired) electrons. The molecule has 0 aromatic heterocycles. The number of hydrogen-bond donors (Lipinski definition) is 3. The molecule has 1 heterocycles. The van der Waals surface area contributed by atoms with Crippen LogP contribution in [-0.4, -0.2) is 76.9 Å². The Morgan fingerprint density at radius 1 is 1.15 bits per heavy atom. The summed E-state index contributed by atoms with van der Waals surface area (Å²) < 4.78 is 50.8. The van der Waals surface area contributed by atoms with Crippen LogP contribution in [0.1, 0.15) is 40.5 Å². The fourth-order valence-corrected chi connectivity index (χ4v) is 4.99. The van der Waals surface area contributed by atoms with Crippen molar-refractivity contribution in [2.45, 2.75) is 52.1 Å². The first-order valence-electron chi connectivity index (χ1n) is 8.90. The minimum Gasteiger partial charge on any atom is -0.357 e. The predicted octanol–water partition coefficient (Wildman–Crippen LogP) is -0.317. The zero-order valence-corrected chi connectivity index (χ0v) is 18.0. The number of hydrogen-bond acceptors (Lipinski definition) is 5. The third kappa shape index (κ3) is 8.19. The van der Waals surface area contributed by atoms with Crippen LogP contribution in [0.4, 0.5) is 0 Å². The molecule has 0 unspecified atom stereocenters. The highest BCUT2D eigenvalue weighted by Crippen LogP contribution is 2.14. The van der Waals surface area contributed by atoms with Gasteiger partial charge in [0, 0.05) is 31.2 Å². The molecule has 0 spiro atoms. The van der Waals surface area contributed by atoms with Gasteiger partial charge < -0.3 is 10.6 Å². The summed E-state index contributed by atoms with van der Waals surface area (Å²) >= 11 is 0. The number of guanidine groups is 1. The van der Waals surface area contributed by atoms with E-state index >= 15 is 0 Å². The molecule has 0 aromatic rings. The smallest absolute Gasteiger partial charge is 0.213 e. The fraction of sp³-hybridized carbons (Fsp3) is 0.933. The topological polar surface area (TPSA) is 120 Å². The van der Waals surface area contributed by atoms with Crippen LogP contribution in [0.15, 0.2) is 4.99 Å². The maximum absolute atomic E-state index is 11.9. The average Bonchev–Trinajstić information content (AvgIpc) is 2.51. The number of nitrogens with zero attached hydrogens (tertiary/aromatic N) is 2. The van der Waals surface area contributed by atoms with Gasteiger partial charge in [0.15, 0.2) is 5.96 Å². The second-order valence-corrected chi connectivity index (χ2v) is 11.2. The van der Waals surface area contributed by atoms with Gasteiger partial charge in [-0.3, -0.25) is 4.99 Å².